The van der Waals surface area contributed by atoms with Crippen LogP contribution in [0.5, 0.6) is 0 Å². The van der Waals surface area contributed by atoms with Crippen molar-refractivity contribution >= 4 is 18.3 Å². The molecule has 80 valence electrons. The van der Waals surface area contributed by atoms with E-state index < -0.39 is 6.03 Å². The molecule has 0 aromatic rings. The highest BCUT2D eigenvalue weighted by molar-refractivity contribution is 5.83. The number of hydrogen-bond acceptors (Lipinski definition) is 3. The van der Waals surface area contributed by atoms with Crippen LogP contribution in [-0.4, -0.2) is 51.0 Å². The van der Waals surface area contributed by atoms with E-state index in [4.69, 9.17) is 0 Å². The number of nitrogens with zero attached hydrogens (tertiary/aromatic N) is 2. The molecule has 14 heavy (non-hydrogen) atoms. The Labute approximate surface area is 82.9 Å². The Kier molecular flexibility index (Phi) is 6.09. The summed E-state index contributed by atoms with van der Waals surface area (Å²) < 4.78 is 4.39. The Balaban J connectivity index is 3.59. The first kappa shape index (κ1) is 12.4. The van der Waals surface area contributed by atoms with Gasteiger partial charge in [-0.05, 0) is 0 Å². The summed E-state index contributed by atoms with van der Waals surface area (Å²) in [6.45, 7) is 0.232. The first-order valence-electron chi connectivity index (χ1n) is 4.11. The summed E-state index contributed by atoms with van der Waals surface area (Å²) in [5, 5.41) is 2.44. The van der Waals surface area contributed by atoms with Gasteiger partial charge in [-0.2, -0.15) is 4.99 Å². The van der Waals surface area contributed by atoms with E-state index in [1.54, 1.807) is 19.0 Å². The Morgan fingerprint density at radius 3 is 2.64 bits per heavy atom. The van der Waals surface area contributed by atoms with Crippen LogP contribution in [0.2, 0.25) is 0 Å². The average Bonchev–Trinajstić information content (AvgIpc) is 2.14. The molecule has 0 fully saturated rings. The molecule has 0 aliphatic rings. The van der Waals surface area contributed by atoms with Gasteiger partial charge in [-0.25, -0.2) is 4.79 Å². The van der Waals surface area contributed by atoms with Gasteiger partial charge in [0.2, 0.25) is 0 Å². The van der Waals surface area contributed by atoms with Crippen LogP contribution in [0.25, 0.3) is 0 Å². The minimum absolute atomic E-state index is 0.153. The number of esters is 1. The molecular weight excluding hydrogens is 186 g/mol. The number of carbonyl (C=O) groups is 2. The number of amides is 2. The van der Waals surface area contributed by atoms with Gasteiger partial charge in [0, 0.05) is 20.6 Å². The van der Waals surface area contributed by atoms with E-state index in [0.29, 0.717) is 0 Å². The van der Waals surface area contributed by atoms with Crippen LogP contribution in [0.3, 0.4) is 0 Å². The topological polar surface area (TPSA) is 71.0 Å². The van der Waals surface area contributed by atoms with Gasteiger partial charge in [0.1, 0.15) is 0 Å². The zero-order valence-corrected chi connectivity index (χ0v) is 8.61. The molecule has 0 aliphatic heterocycles. The van der Waals surface area contributed by atoms with Crippen molar-refractivity contribution in [2.75, 3.05) is 27.7 Å². The summed E-state index contributed by atoms with van der Waals surface area (Å²) in [6, 6.07) is -0.470. The lowest BCUT2D eigenvalue weighted by molar-refractivity contribution is -0.140. The molecule has 1 N–H and O–H groups in total. The maximum Gasteiger partial charge on any atom is 0.342 e. The normalized spacial score (nSPS) is 9.93. The Morgan fingerprint density at radius 2 is 2.14 bits per heavy atom. The van der Waals surface area contributed by atoms with E-state index in [2.05, 4.69) is 15.0 Å². The number of urea groups is 1. The predicted octanol–water partition coefficient (Wildman–Crippen LogP) is -0.151. The average molecular weight is 201 g/mol. The number of aliphatic imine (C=N–C) groups is 1. The van der Waals surface area contributed by atoms with Crippen LogP contribution in [0.15, 0.2) is 4.99 Å². The molecule has 0 unspecified atom stereocenters. The minimum Gasteiger partial charge on any atom is -0.469 e. The van der Waals surface area contributed by atoms with Crippen molar-refractivity contribution in [3.05, 3.63) is 0 Å². The Bertz CT molecular complexity index is 226. The fraction of sp³-hybridized carbons (Fsp3) is 0.625. The zero-order chi connectivity index (χ0) is 11.0. The molecule has 0 heterocycles. The molecule has 0 saturated carbocycles. The fourth-order valence-electron chi connectivity index (χ4n) is 0.587. The largest absolute Gasteiger partial charge is 0.469 e. The number of hydrogen-bond donors (Lipinski definition) is 1. The summed E-state index contributed by atoms with van der Waals surface area (Å²) in [6.07, 6.45) is 1.53. The number of carbonyl (C=O) groups excluding carboxylic acids is 2. The molecule has 0 bridgehead atoms. The van der Waals surface area contributed by atoms with E-state index in [-0.39, 0.29) is 18.9 Å². The number of nitrogens with one attached hydrogen (secondary N) is 1. The zero-order valence-electron chi connectivity index (χ0n) is 8.61. The van der Waals surface area contributed by atoms with Gasteiger partial charge in [0.15, 0.2) is 0 Å². The van der Waals surface area contributed by atoms with Crippen LogP contribution >= 0.6 is 0 Å². The molecule has 0 aromatic heterocycles. The number of rotatable bonds is 4. The van der Waals surface area contributed by atoms with E-state index in [1.807, 2.05) is 0 Å². The Hall–Kier alpha value is -1.59. The summed E-state index contributed by atoms with van der Waals surface area (Å²) in [5.41, 5.74) is 0. The number of methoxy groups -OCH3 is 1. The maximum atomic E-state index is 10.9. The van der Waals surface area contributed by atoms with Crippen molar-refractivity contribution in [2.24, 2.45) is 4.99 Å². The smallest absolute Gasteiger partial charge is 0.342 e. The highest BCUT2D eigenvalue weighted by Gasteiger charge is 2.01. The molecule has 0 aliphatic carbocycles. The van der Waals surface area contributed by atoms with Gasteiger partial charge in [-0.1, -0.05) is 0 Å². The van der Waals surface area contributed by atoms with Gasteiger partial charge >= 0.3 is 12.0 Å². The van der Waals surface area contributed by atoms with Crippen LogP contribution in [0.1, 0.15) is 6.42 Å². The van der Waals surface area contributed by atoms with Gasteiger partial charge in [0.05, 0.1) is 19.9 Å². The second kappa shape index (κ2) is 6.88. The molecule has 0 atom stereocenters. The highest BCUT2D eigenvalue weighted by atomic mass is 16.5. The highest BCUT2D eigenvalue weighted by Crippen LogP contribution is 1.82. The molecule has 6 heteroatoms. The quantitative estimate of drug-likeness (QED) is 0.390. The lowest BCUT2D eigenvalue weighted by atomic mass is 10.4. The SMILES string of the molecule is COC(=O)CCNC(=O)/N=C/N(C)C. The molecule has 0 radical (unpaired) electrons. The molecule has 2 amide bonds. The van der Waals surface area contributed by atoms with E-state index in [1.165, 1.54) is 13.4 Å². The van der Waals surface area contributed by atoms with Gasteiger partial charge in [-0.3, -0.25) is 4.79 Å². The predicted molar refractivity (Wildman–Crippen MR) is 52.2 cm³/mol. The fourth-order valence-corrected chi connectivity index (χ4v) is 0.587. The van der Waals surface area contributed by atoms with E-state index in [0.717, 1.165) is 0 Å². The summed E-state index contributed by atoms with van der Waals surface area (Å²) in [5.74, 6) is -0.359. The lowest BCUT2D eigenvalue weighted by Gasteiger charge is -2.03. The standard InChI is InChI=1S/C8H15N3O3/c1-11(2)6-10-8(13)9-5-4-7(12)14-3/h6H,4-5H2,1-3H3,(H,9,13)/b10-6+. The van der Waals surface area contributed by atoms with Gasteiger partial charge in [0.25, 0.3) is 0 Å². The van der Waals surface area contributed by atoms with Gasteiger partial charge < -0.3 is 15.0 Å². The first-order chi connectivity index (χ1) is 6.56. The lowest BCUT2D eigenvalue weighted by Crippen LogP contribution is -2.24. The summed E-state index contributed by atoms with van der Waals surface area (Å²) in [4.78, 5) is 26.8. The van der Waals surface area contributed by atoms with Crippen molar-refractivity contribution in [3.8, 4) is 0 Å². The minimum atomic E-state index is -0.470. The van der Waals surface area contributed by atoms with E-state index in [9.17, 15) is 9.59 Å². The summed E-state index contributed by atoms with van der Waals surface area (Å²) in [7, 11) is 4.81. The molecule has 6 nitrogen and oxygen atoms in total. The van der Waals surface area contributed by atoms with Crippen molar-refractivity contribution in [2.45, 2.75) is 6.42 Å². The summed E-state index contributed by atoms with van der Waals surface area (Å²) >= 11 is 0. The van der Waals surface area contributed by atoms with Crippen LogP contribution < -0.4 is 5.32 Å². The monoisotopic (exact) mass is 201 g/mol. The Morgan fingerprint density at radius 1 is 1.50 bits per heavy atom. The van der Waals surface area contributed by atoms with Crippen LogP contribution in [-0.2, 0) is 9.53 Å². The third-order valence-electron chi connectivity index (χ3n) is 1.24. The van der Waals surface area contributed by atoms with Crippen molar-refractivity contribution in [3.63, 3.8) is 0 Å². The van der Waals surface area contributed by atoms with E-state index >= 15 is 0 Å². The molecule has 0 spiro atoms. The second-order valence-electron chi connectivity index (χ2n) is 2.77. The van der Waals surface area contributed by atoms with Crippen LogP contribution in [0, 0.1) is 0 Å². The third-order valence-corrected chi connectivity index (χ3v) is 1.24. The van der Waals surface area contributed by atoms with Crippen LogP contribution in [0.4, 0.5) is 4.79 Å². The molecule has 0 saturated heterocycles. The van der Waals surface area contributed by atoms with Crippen molar-refractivity contribution in [1.82, 2.24) is 10.2 Å². The van der Waals surface area contributed by atoms with Gasteiger partial charge in [-0.15, -0.1) is 0 Å². The molecule has 0 rings (SSSR count). The third kappa shape index (κ3) is 7.08. The second-order valence-corrected chi connectivity index (χ2v) is 2.77. The first-order valence-corrected chi connectivity index (χ1v) is 4.11. The van der Waals surface area contributed by atoms with Crippen molar-refractivity contribution in [1.29, 1.82) is 0 Å². The van der Waals surface area contributed by atoms with Crippen molar-refractivity contribution < 1.29 is 14.3 Å². The number of ether oxygens (including phenoxy) is 1. The maximum absolute atomic E-state index is 10.9. The molecule has 0 aromatic carbocycles. The molecular formula is C8H15N3O3.